The summed E-state index contributed by atoms with van der Waals surface area (Å²) in [6.45, 7) is 1.44. The molecule has 134 valence electrons. The van der Waals surface area contributed by atoms with E-state index >= 15 is 0 Å². The van der Waals surface area contributed by atoms with Crippen LogP contribution in [0.15, 0.2) is 45.1 Å². The number of hydrogen-bond acceptors (Lipinski definition) is 4. The van der Waals surface area contributed by atoms with Crippen molar-refractivity contribution in [3.8, 4) is 0 Å². The van der Waals surface area contributed by atoms with E-state index in [0.29, 0.717) is 22.9 Å². The van der Waals surface area contributed by atoms with Crippen molar-refractivity contribution in [2.75, 3.05) is 13.1 Å². The van der Waals surface area contributed by atoms with Gasteiger partial charge in [0.05, 0.1) is 4.90 Å². The van der Waals surface area contributed by atoms with Gasteiger partial charge in [-0.3, -0.25) is 4.79 Å². The molecule has 1 aliphatic heterocycles. The zero-order valence-corrected chi connectivity index (χ0v) is 16.8. The molecule has 3 rings (SSSR count). The first-order valence-electron chi connectivity index (χ1n) is 8.09. The minimum absolute atomic E-state index is 0.175. The first kappa shape index (κ1) is 18.6. The lowest BCUT2D eigenvalue weighted by atomic mass is 10.2. The maximum absolute atomic E-state index is 12.7. The van der Waals surface area contributed by atoms with Crippen molar-refractivity contribution in [3.05, 3.63) is 50.6 Å². The minimum Gasteiger partial charge on any atom is -0.347 e. The van der Waals surface area contributed by atoms with Gasteiger partial charge in [-0.1, -0.05) is 18.6 Å². The van der Waals surface area contributed by atoms with Crippen LogP contribution in [0.1, 0.15) is 34.5 Å². The van der Waals surface area contributed by atoms with Gasteiger partial charge in [0.2, 0.25) is 10.0 Å². The molecule has 1 aliphatic rings. The third kappa shape index (κ3) is 4.31. The summed E-state index contributed by atoms with van der Waals surface area (Å²) >= 11 is 4.70. The Labute approximate surface area is 160 Å². The highest BCUT2D eigenvalue weighted by Gasteiger charge is 2.26. The smallest absolute Gasteiger partial charge is 0.262 e. The topological polar surface area (TPSA) is 66.5 Å². The van der Waals surface area contributed by atoms with Crippen molar-refractivity contribution >= 4 is 43.2 Å². The molecule has 1 amide bonds. The van der Waals surface area contributed by atoms with Gasteiger partial charge in [-0.05, 0) is 57.9 Å². The van der Waals surface area contributed by atoms with E-state index in [1.807, 2.05) is 17.5 Å². The quantitative estimate of drug-likeness (QED) is 0.768. The Kier molecular flexibility index (Phi) is 5.93. The molecule has 1 aromatic carbocycles. The molecule has 2 heterocycles. The predicted molar refractivity (Wildman–Crippen MR) is 102 cm³/mol. The molecular formula is C17H19BrN2O3S2. The van der Waals surface area contributed by atoms with Gasteiger partial charge in [0, 0.05) is 24.1 Å². The highest BCUT2D eigenvalue weighted by atomic mass is 79.9. The second kappa shape index (κ2) is 7.99. The number of nitrogens with one attached hydrogen (secondary N) is 1. The Morgan fingerprint density at radius 2 is 1.96 bits per heavy atom. The maximum atomic E-state index is 12.7. The molecule has 25 heavy (non-hydrogen) atoms. The zero-order valence-electron chi connectivity index (χ0n) is 13.6. The number of sulfonamides is 1. The van der Waals surface area contributed by atoms with E-state index in [4.69, 9.17) is 0 Å². The number of carbonyl (C=O) groups excluding carboxylic acids is 1. The normalized spacial score (nSPS) is 15.9. The molecule has 2 aromatic rings. The molecule has 0 spiro atoms. The standard InChI is InChI=1S/C17H19BrN2O3S2/c18-15-7-10-24-16(15)17(21)19-12-13-5-4-6-14(11-13)25(22,23)20-8-2-1-3-9-20/h4-7,10-11H,1-3,8-9,12H2,(H,19,21). The summed E-state index contributed by atoms with van der Waals surface area (Å²) in [7, 11) is -3.46. The van der Waals surface area contributed by atoms with Gasteiger partial charge in [-0.2, -0.15) is 4.31 Å². The predicted octanol–water partition coefficient (Wildman–Crippen LogP) is 3.62. The van der Waals surface area contributed by atoms with E-state index in [-0.39, 0.29) is 12.5 Å². The molecule has 0 aliphatic carbocycles. The zero-order chi connectivity index (χ0) is 17.9. The summed E-state index contributed by atoms with van der Waals surface area (Å²) in [5.41, 5.74) is 0.763. The number of benzene rings is 1. The van der Waals surface area contributed by atoms with Crippen LogP contribution in [-0.2, 0) is 16.6 Å². The van der Waals surface area contributed by atoms with Crippen molar-refractivity contribution in [3.63, 3.8) is 0 Å². The summed E-state index contributed by atoms with van der Waals surface area (Å²) in [4.78, 5) is 13.1. The van der Waals surface area contributed by atoms with Crippen molar-refractivity contribution < 1.29 is 13.2 Å². The average Bonchev–Trinajstić information content (AvgIpc) is 3.07. The highest BCUT2D eigenvalue weighted by molar-refractivity contribution is 9.10. The largest absolute Gasteiger partial charge is 0.347 e. The molecule has 5 nitrogen and oxygen atoms in total. The van der Waals surface area contributed by atoms with E-state index in [0.717, 1.165) is 29.3 Å². The van der Waals surface area contributed by atoms with E-state index < -0.39 is 10.0 Å². The van der Waals surface area contributed by atoms with Gasteiger partial charge in [-0.15, -0.1) is 11.3 Å². The number of halogens is 1. The summed E-state index contributed by atoms with van der Waals surface area (Å²) < 4.78 is 27.8. The Bertz CT molecular complexity index is 858. The molecule has 1 saturated heterocycles. The lowest BCUT2D eigenvalue weighted by Crippen LogP contribution is -2.35. The van der Waals surface area contributed by atoms with Gasteiger partial charge < -0.3 is 5.32 Å². The van der Waals surface area contributed by atoms with Crippen LogP contribution >= 0.6 is 27.3 Å². The summed E-state index contributed by atoms with van der Waals surface area (Å²) in [5, 5.41) is 4.67. The number of piperidine rings is 1. The van der Waals surface area contributed by atoms with Gasteiger partial charge in [0.15, 0.2) is 0 Å². The fourth-order valence-corrected chi connectivity index (χ4v) is 5.84. The maximum Gasteiger partial charge on any atom is 0.262 e. The minimum atomic E-state index is -3.46. The van der Waals surface area contributed by atoms with Crippen molar-refractivity contribution in [1.82, 2.24) is 9.62 Å². The van der Waals surface area contributed by atoms with Crippen molar-refractivity contribution in [1.29, 1.82) is 0 Å². The number of amides is 1. The Balaban J connectivity index is 1.71. The second-order valence-corrected chi connectivity index (χ2v) is 9.60. The first-order valence-corrected chi connectivity index (χ1v) is 11.2. The summed E-state index contributed by atoms with van der Waals surface area (Å²) in [6.07, 6.45) is 2.89. The van der Waals surface area contributed by atoms with Gasteiger partial charge in [-0.25, -0.2) is 8.42 Å². The monoisotopic (exact) mass is 442 g/mol. The first-order chi connectivity index (χ1) is 12.0. The number of thiophene rings is 1. The van der Waals surface area contributed by atoms with Crippen LogP contribution in [0.25, 0.3) is 0 Å². The Hall–Kier alpha value is -1.22. The average molecular weight is 443 g/mol. The van der Waals surface area contributed by atoms with E-state index in [9.17, 15) is 13.2 Å². The molecule has 1 aromatic heterocycles. The summed E-state index contributed by atoms with van der Waals surface area (Å²) in [5.74, 6) is -0.175. The fraction of sp³-hybridized carbons (Fsp3) is 0.353. The molecule has 8 heteroatoms. The lowest BCUT2D eigenvalue weighted by molar-refractivity contribution is 0.0954. The molecule has 0 bridgehead atoms. The summed E-state index contributed by atoms with van der Waals surface area (Å²) in [6, 6.07) is 8.63. The second-order valence-electron chi connectivity index (χ2n) is 5.89. The fourth-order valence-electron chi connectivity index (χ4n) is 2.79. The van der Waals surface area contributed by atoms with Crippen LogP contribution in [0.3, 0.4) is 0 Å². The van der Waals surface area contributed by atoms with E-state index in [2.05, 4.69) is 21.2 Å². The number of carbonyl (C=O) groups is 1. The molecule has 1 fully saturated rings. The van der Waals surface area contributed by atoms with Crippen LogP contribution in [0, 0.1) is 0 Å². The van der Waals surface area contributed by atoms with E-state index in [1.54, 1.807) is 22.5 Å². The van der Waals surface area contributed by atoms with Gasteiger partial charge in [0.25, 0.3) is 5.91 Å². The lowest BCUT2D eigenvalue weighted by Gasteiger charge is -2.26. The van der Waals surface area contributed by atoms with Crippen LogP contribution in [0.2, 0.25) is 0 Å². The molecule has 0 unspecified atom stereocenters. The Morgan fingerprint density at radius 1 is 1.20 bits per heavy atom. The third-order valence-electron chi connectivity index (χ3n) is 4.13. The van der Waals surface area contributed by atoms with Crippen LogP contribution in [-0.4, -0.2) is 31.7 Å². The van der Waals surface area contributed by atoms with Gasteiger partial charge >= 0.3 is 0 Å². The van der Waals surface area contributed by atoms with Crippen LogP contribution in [0.5, 0.6) is 0 Å². The van der Waals surface area contributed by atoms with E-state index in [1.165, 1.54) is 11.3 Å². The number of nitrogens with zero attached hydrogens (tertiary/aromatic N) is 1. The van der Waals surface area contributed by atoms with Crippen molar-refractivity contribution in [2.45, 2.75) is 30.7 Å². The van der Waals surface area contributed by atoms with Crippen molar-refractivity contribution in [2.24, 2.45) is 0 Å². The van der Waals surface area contributed by atoms with Gasteiger partial charge in [0.1, 0.15) is 4.88 Å². The molecule has 0 atom stereocenters. The molecule has 1 N–H and O–H groups in total. The molecule has 0 saturated carbocycles. The highest BCUT2D eigenvalue weighted by Crippen LogP contribution is 2.23. The third-order valence-corrected chi connectivity index (χ3v) is 7.86. The SMILES string of the molecule is O=C(NCc1cccc(S(=O)(=O)N2CCCCC2)c1)c1sccc1Br. The molecule has 0 radical (unpaired) electrons. The number of hydrogen-bond donors (Lipinski definition) is 1. The molecular weight excluding hydrogens is 424 g/mol. The number of rotatable bonds is 5. The van der Waals surface area contributed by atoms with Crippen LogP contribution < -0.4 is 5.32 Å². The van der Waals surface area contributed by atoms with Crippen LogP contribution in [0.4, 0.5) is 0 Å². The Morgan fingerprint density at radius 3 is 2.64 bits per heavy atom.